The lowest BCUT2D eigenvalue weighted by molar-refractivity contribution is -0.161. The third-order valence-corrected chi connectivity index (χ3v) is 17.4. The Labute approximate surface area is 517 Å². The molecule has 0 aromatic carbocycles. The summed E-state index contributed by atoms with van der Waals surface area (Å²) in [5.41, 5.74) is 0. The zero-order valence-electron chi connectivity index (χ0n) is 55.1. The number of esters is 4. The molecule has 0 aromatic rings. The fourth-order valence-corrected chi connectivity index (χ4v) is 11.4. The van der Waals surface area contributed by atoms with Crippen LogP contribution in [0.4, 0.5) is 0 Å². The normalized spacial score (nSPS) is 14.6. The molecule has 0 spiro atoms. The zero-order valence-corrected chi connectivity index (χ0v) is 56.9. The molecule has 0 saturated heterocycles. The van der Waals surface area contributed by atoms with E-state index in [4.69, 9.17) is 37.0 Å². The first-order valence-electron chi connectivity index (χ1n) is 34.4. The van der Waals surface area contributed by atoms with Crippen LogP contribution < -0.4 is 0 Å². The van der Waals surface area contributed by atoms with Gasteiger partial charge >= 0.3 is 39.5 Å². The van der Waals surface area contributed by atoms with Crippen LogP contribution in [0.3, 0.4) is 0 Å². The van der Waals surface area contributed by atoms with Crippen LogP contribution in [-0.2, 0) is 65.4 Å². The van der Waals surface area contributed by atoms with Crippen LogP contribution in [0.25, 0.3) is 0 Å². The number of carbonyl (C=O) groups is 4. The maximum absolute atomic E-state index is 13.0. The van der Waals surface area contributed by atoms with E-state index in [1.807, 2.05) is 0 Å². The van der Waals surface area contributed by atoms with Gasteiger partial charge in [0, 0.05) is 25.7 Å². The van der Waals surface area contributed by atoms with Gasteiger partial charge in [0.25, 0.3) is 0 Å². The Bertz CT molecular complexity index is 1680. The number of carbonyl (C=O) groups excluding carboxylic acids is 4. The summed E-state index contributed by atoms with van der Waals surface area (Å²) in [6.07, 6.45) is 39.0. The van der Waals surface area contributed by atoms with E-state index in [2.05, 4.69) is 48.5 Å². The van der Waals surface area contributed by atoms with Crippen LogP contribution in [0.5, 0.6) is 0 Å². The van der Waals surface area contributed by atoms with Gasteiger partial charge in [-0.1, -0.05) is 273 Å². The lowest BCUT2D eigenvalue weighted by atomic mass is 9.99. The highest BCUT2D eigenvalue weighted by atomic mass is 31.2. The van der Waals surface area contributed by atoms with Gasteiger partial charge in [0.1, 0.15) is 19.3 Å². The SMILES string of the molecule is CCCCCCCCCCCCCC(=O)OC[C@H](COP(=O)(O)OC[C@@H](O)COP(=O)(O)OC[C@@H](COC(=O)CCCCCCCCCC(C)C)OC(=O)CCCCCCCCCC(C)C)OC(=O)CCCCCCCCCCCCC(C)CC. The van der Waals surface area contributed by atoms with Crippen molar-refractivity contribution in [3.63, 3.8) is 0 Å². The Hall–Kier alpha value is -1.94. The van der Waals surface area contributed by atoms with Crippen molar-refractivity contribution in [2.24, 2.45) is 17.8 Å². The topological polar surface area (TPSA) is 237 Å². The third kappa shape index (κ3) is 59.5. The molecule has 0 aliphatic carbocycles. The van der Waals surface area contributed by atoms with E-state index in [0.717, 1.165) is 102 Å². The average molecular weight is 1260 g/mol. The standard InChI is InChI=1S/C66H128O17P2/c1-8-10-11-12-13-14-15-19-26-33-40-47-63(68)76-53-61(82-65(70)49-42-35-27-20-17-16-18-25-32-39-46-59(7)9-2)55-80-84(72,73)78-51-60(67)52-79-85(74,75)81-56-62(83-66(71)50-43-36-29-22-24-31-38-45-58(5)6)54-77-64(69)48-41-34-28-21-23-30-37-44-57(3)4/h57-62,67H,8-56H2,1-7H3,(H,72,73)(H,74,75)/t59?,60-,61-,62-/m1/s1. The van der Waals surface area contributed by atoms with Gasteiger partial charge in [-0.2, -0.15) is 0 Å². The molecule has 0 aliphatic heterocycles. The van der Waals surface area contributed by atoms with Gasteiger partial charge in [0.15, 0.2) is 12.2 Å². The molecule has 0 heterocycles. The third-order valence-electron chi connectivity index (χ3n) is 15.5. The Morgan fingerprint density at radius 1 is 0.341 bits per heavy atom. The predicted molar refractivity (Wildman–Crippen MR) is 340 cm³/mol. The van der Waals surface area contributed by atoms with E-state index in [1.54, 1.807) is 0 Å². The fraction of sp³-hybridized carbons (Fsp3) is 0.939. The minimum atomic E-state index is -4.95. The first-order valence-corrected chi connectivity index (χ1v) is 37.4. The number of unbranched alkanes of at least 4 members (excludes halogenated alkanes) is 31. The zero-order chi connectivity index (χ0) is 63.1. The predicted octanol–water partition coefficient (Wildman–Crippen LogP) is 18.3. The van der Waals surface area contributed by atoms with Crippen molar-refractivity contribution in [2.45, 2.75) is 343 Å². The summed E-state index contributed by atoms with van der Waals surface area (Å²) in [6, 6.07) is 0. The summed E-state index contributed by atoms with van der Waals surface area (Å²) in [6.45, 7) is 11.7. The van der Waals surface area contributed by atoms with Crippen molar-refractivity contribution in [1.29, 1.82) is 0 Å². The average Bonchev–Trinajstić information content (AvgIpc) is 3.62. The van der Waals surface area contributed by atoms with Crippen LogP contribution in [0.15, 0.2) is 0 Å². The Morgan fingerprint density at radius 2 is 0.600 bits per heavy atom. The fourth-order valence-electron chi connectivity index (χ4n) is 9.80. The molecule has 0 amide bonds. The Kier molecular flexibility index (Phi) is 55.9. The van der Waals surface area contributed by atoms with E-state index in [0.29, 0.717) is 37.5 Å². The van der Waals surface area contributed by atoms with E-state index in [-0.39, 0.29) is 25.7 Å². The molecule has 3 unspecified atom stereocenters. The number of phosphoric ester groups is 2. The summed E-state index contributed by atoms with van der Waals surface area (Å²) in [4.78, 5) is 72.3. The first-order chi connectivity index (χ1) is 40.8. The van der Waals surface area contributed by atoms with Crippen molar-refractivity contribution in [1.82, 2.24) is 0 Å². The van der Waals surface area contributed by atoms with Gasteiger partial charge in [0.2, 0.25) is 0 Å². The number of phosphoric acid groups is 2. The second kappa shape index (κ2) is 57.2. The second-order valence-corrected chi connectivity index (χ2v) is 28.0. The highest BCUT2D eigenvalue weighted by molar-refractivity contribution is 7.47. The summed E-state index contributed by atoms with van der Waals surface area (Å²) in [5, 5.41) is 10.5. The number of aliphatic hydroxyl groups is 1. The first kappa shape index (κ1) is 83.1. The highest BCUT2D eigenvalue weighted by Crippen LogP contribution is 2.45. The molecule has 0 saturated carbocycles. The molecule has 0 bridgehead atoms. The van der Waals surface area contributed by atoms with Gasteiger partial charge < -0.3 is 33.8 Å². The molecular formula is C66H128O17P2. The van der Waals surface area contributed by atoms with Crippen LogP contribution in [0, 0.1) is 17.8 Å². The van der Waals surface area contributed by atoms with Gasteiger partial charge in [-0.25, -0.2) is 9.13 Å². The van der Waals surface area contributed by atoms with Gasteiger partial charge in [0.05, 0.1) is 26.4 Å². The molecule has 504 valence electrons. The number of hydrogen-bond donors (Lipinski definition) is 3. The monoisotopic (exact) mass is 1250 g/mol. The number of aliphatic hydroxyl groups excluding tert-OH is 1. The molecule has 3 N–H and O–H groups in total. The summed E-state index contributed by atoms with van der Waals surface area (Å²) >= 11 is 0. The summed E-state index contributed by atoms with van der Waals surface area (Å²) < 4.78 is 68.1. The summed E-state index contributed by atoms with van der Waals surface area (Å²) in [5.74, 6) is 0.0692. The van der Waals surface area contributed by atoms with Crippen LogP contribution in [0.2, 0.25) is 0 Å². The number of rotatable bonds is 64. The van der Waals surface area contributed by atoms with E-state index in [9.17, 15) is 43.2 Å². The molecule has 0 fully saturated rings. The maximum atomic E-state index is 13.0. The second-order valence-electron chi connectivity index (χ2n) is 25.1. The van der Waals surface area contributed by atoms with Crippen molar-refractivity contribution < 1.29 is 80.2 Å². The Morgan fingerprint density at radius 3 is 0.894 bits per heavy atom. The van der Waals surface area contributed by atoms with E-state index >= 15 is 0 Å². The molecule has 17 nitrogen and oxygen atoms in total. The minimum absolute atomic E-state index is 0.102. The Balaban J connectivity index is 5.25. The molecule has 85 heavy (non-hydrogen) atoms. The molecule has 19 heteroatoms. The molecule has 0 rings (SSSR count). The quantitative estimate of drug-likeness (QED) is 0.0222. The molecule has 6 atom stereocenters. The van der Waals surface area contributed by atoms with Gasteiger partial charge in [-0.3, -0.25) is 37.3 Å². The highest BCUT2D eigenvalue weighted by Gasteiger charge is 2.30. The van der Waals surface area contributed by atoms with Crippen LogP contribution >= 0.6 is 15.6 Å². The van der Waals surface area contributed by atoms with Crippen molar-refractivity contribution in [3.05, 3.63) is 0 Å². The van der Waals surface area contributed by atoms with Crippen molar-refractivity contribution >= 4 is 39.5 Å². The maximum Gasteiger partial charge on any atom is 0.472 e. The van der Waals surface area contributed by atoms with Gasteiger partial charge in [-0.05, 0) is 43.4 Å². The van der Waals surface area contributed by atoms with Crippen molar-refractivity contribution in [2.75, 3.05) is 39.6 Å². The van der Waals surface area contributed by atoms with Gasteiger partial charge in [-0.15, -0.1) is 0 Å². The van der Waals surface area contributed by atoms with E-state index < -0.39 is 97.5 Å². The lowest BCUT2D eigenvalue weighted by Gasteiger charge is -2.21. The van der Waals surface area contributed by atoms with Crippen molar-refractivity contribution in [3.8, 4) is 0 Å². The lowest BCUT2D eigenvalue weighted by Crippen LogP contribution is -2.30. The largest absolute Gasteiger partial charge is 0.472 e. The number of hydrogen-bond acceptors (Lipinski definition) is 15. The molecule has 0 radical (unpaired) electrons. The van der Waals surface area contributed by atoms with Crippen LogP contribution in [-0.4, -0.2) is 96.7 Å². The molecule has 0 aromatic heterocycles. The number of ether oxygens (including phenoxy) is 4. The smallest absolute Gasteiger partial charge is 0.462 e. The molecule has 0 aliphatic rings. The minimum Gasteiger partial charge on any atom is -0.462 e. The summed E-state index contributed by atoms with van der Waals surface area (Å²) in [7, 11) is -9.89. The molecular weight excluding hydrogens is 1130 g/mol. The van der Waals surface area contributed by atoms with E-state index in [1.165, 1.54) is 128 Å². The van der Waals surface area contributed by atoms with Crippen LogP contribution in [0.1, 0.15) is 325 Å².